The van der Waals surface area contributed by atoms with E-state index in [1.54, 1.807) is 18.2 Å². The molecular weight excluding hydrogens is 353 g/mol. The molecule has 2 aromatic carbocycles. The Kier molecular flexibility index (Phi) is 4.72. The molecule has 0 unspecified atom stereocenters. The molecule has 0 spiro atoms. The fraction of sp³-hybridized carbons (Fsp3) is 0.158. The summed E-state index contributed by atoms with van der Waals surface area (Å²) in [6.45, 7) is 3.22. The number of carboxylic acids is 1. The molecule has 3 aromatic rings. The van der Waals surface area contributed by atoms with Gasteiger partial charge in [0.05, 0.1) is 12.2 Å². The monoisotopic (exact) mass is 369 g/mol. The number of aromatic carboxylic acids is 1. The van der Waals surface area contributed by atoms with Crippen LogP contribution in [0.25, 0.3) is 5.69 Å². The molecule has 0 saturated carbocycles. The Morgan fingerprint density at radius 3 is 2.33 bits per heavy atom. The number of benzene rings is 2. The summed E-state index contributed by atoms with van der Waals surface area (Å²) < 4.78 is 15.5. The van der Waals surface area contributed by atoms with Crippen molar-refractivity contribution in [3.63, 3.8) is 0 Å². The van der Waals surface area contributed by atoms with Crippen molar-refractivity contribution in [2.75, 3.05) is 0 Å². The zero-order valence-corrected chi connectivity index (χ0v) is 14.6. The van der Waals surface area contributed by atoms with E-state index in [0.717, 1.165) is 15.8 Å². The fourth-order valence-electron chi connectivity index (χ4n) is 2.83. The minimum absolute atomic E-state index is 0.0891. The second-order valence-corrected chi connectivity index (χ2v) is 6.18. The van der Waals surface area contributed by atoms with Crippen LogP contribution in [0.5, 0.6) is 0 Å². The minimum atomic E-state index is -1.57. The Bertz CT molecular complexity index is 1140. The molecule has 7 nitrogen and oxygen atoms in total. The van der Waals surface area contributed by atoms with Gasteiger partial charge in [0.15, 0.2) is 0 Å². The molecule has 0 amide bonds. The third-order valence-electron chi connectivity index (χ3n) is 4.00. The number of aromatic nitrogens is 3. The lowest BCUT2D eigenvalue weighted by atomic mass is 10.1. The van der Waals surface area contributed by atoms with Gasteiger partial charge < -0.3 is 5.11 Å². The number of hydrogen-bond acceptors (Lipinski definition) is 4. The molecule has 3 rings (SSSR count). The van der Waals surface area contributed by atoms with Crippen molar-refractivity contribution in [1.82, 2.24) is 14.3 Å². The zero-order valence-electron chi connectivity index (χ0n) is 14.6. The summed E-state index contributed by atoms with van der Waals surface area (Å²) in [6.07, 6.45) is 0. The topological polar surface area (TPSA) is 94.2 Å². The molecule has 0 radical (unpaired) electrons. The lowest BCUT2D eigenvalue weighted by molar-refractivity contribution is 0.0684. The van der Waals surface area contributed by atoms with E-state index in [9.17, 15) is 23.9 Å². The van der Waals surface area contributed by atoms with Crippen LogP contribution in [0.1, 0.15) is 27.2 Å². The Balaban J connectivity index is 2.29. The Morgan fingerprint density at radius 2 is 1.74 bits per heavy atom. The van der Waals surface area contributed by atoms with Gasteiger partial charge in [-0.05, 0) is 43.2 Å². The van der Waals surface area contributed by atoms with Gasteiger partial charge in [-0.25, -0.2) is 14.0 Å². The lowest BCUT2D eigenvalue weighted by Gasteiger charge is -2.12. The SMILES string of the molecule is Cc1cc(C)cc(-n2nc(C(=O)O)c(=O)n(Cc3ccccc3F)c2=O)c1. The summed E-state index contributed by atoms with van der Waals surface area (Å²) in [5.41, 5.74) is -0.668. The second kappa shape index (κ2) is 6.99. The van der Waals surface area contributed by atoms with Crippen molar-refractivity contribution in [2.45, 2.75) is 20.4 Å². The fourth-order valence-corrected chi connectivity index (χ4v) is 2.83. The van der Waals surface area contributed by atoms with Gasteiger partial charge >= 0.3 is 11.7 Å². The lowest BCUT2D eigenvalue weighted by Crippen LogP contribution is -2.44. The molecule has 8 heteroatoms. The molecule has 0 aliphatic carbocycles. The summed E-state index contributed by atoms with van der Waals surface area (Å²) in [6, 6.07) is 10.8. The number of aryl methyl sites for hydroxylation is 2. The third-order valence-corrected chi connectivity index (χ3v) is 4.00. The molecule has 1 aromatic heterocycles. The van der Waals surface area contributed by atoms with Crippen molar-refractivity contribution in [2.24, 2.45) is 0 Å². The van der Waals surface area contributed by atoms with Crippen molar-refractivity contribution < 1.29 is 14.3 Å². The molecule has 0 atom stereocenters. The molecular formula is C19H16FN3O4. The van der Waals surface area contributed by atoms with Crippen LogP contribution in [-0.2, 0) is 6.54 Å². The van der Waals surface area contributed by atoms with Crippen LogP contribution in [0.15, 0.2) is 52.1 Å². The second-order valence-electron chi connectivity index (χ2n) is 6.18. The molecule has 1 N–H and O–H groups in total. The van der Waals surface area contributed by atoms with Gasteiger partial charge in [0.25, 0.3) is 5.56 Å². The van der Waals surface area contributed by atoms with Crippen molar-refractivity contribution in [1.29, 1.82) is 0 Å². The van der Waals surface area contributed by atoms with Crippen molar-refractivity contribution >= 4 is 5.97 Å². The minimum Gasteiger partial charge on any atom is -0.476 e. The summed E-state index contributed by atoms with van der Waals surface area (Å²) >= 11 is 0. The number of rotatable bonds is 4. The van der Waals surface area contributed by atoms with Crippen LogP contribution in [-0.4, -0.2) is 25.4 Å². The average molecular weight is 369 g/mol. The first kappa shape index (κ1) is 18.2. The summed E-state index contributed by atoms with van der Waals surface area (Å²) in [5.74, 6) is -2.17. The van der Waals surface area contributed by atoms with Crippen LogP contribution in [0.2, 0.25) is 0 Å². The molecule has 138 valence electrons. The van der Waals surface area contributed by atoms with Gasteiger partial charge in [-0.3, -0.25) is 9.36 Å². The molecule has 0 saturated heterocycles. The summed E-state index contributed by atoms with van der Waals surface area (Å²) in [5, 5.41) is 13.0. The van der Waals surface area contributed by atoms with Crippen LogP contribution in [0.4, 0.5) is 4.39 Å². The van der Waals surface area contributed by atoms with Crippen molar-refractivity contribution in [3.8, 4) is 5.69 Å². The smallest absolute Gasteiger partial charge is 0.362 e. The first-order chi connectivity index (χ1) is 12.8. The predicted octanol–water partition coefficient (Wildman–Crippen LogP) is 1.90. The van der Waals surface area contributed by atoms with Gasteiger partial charge in [-0.2, -0.15) is 9.78 Å². The Labute approximate surface area is 152 Å². The molecule has 27 heavy (non-hydrogen) atoms. The standard InChI is InChI=1S/C19H16FN3O4/c1-11-7-12(2)9-14(8-11)23-19(27)22(17(24)16(21-23)18(25)26)10-13-5-3-4-6-15(13)20/h3-9H,10H2,1-2H3,(H,25,26). The molecule has 0 aliphatic heterocycles. The van der Waals surface area contributed by atoms with E-state index in [4.69, 9.17) is 0 Å². The maximum absolute atomic E-state index is 14.0. The van der Waals surface area contributed by atoms with Crippen molar-refractivity contribution in [3.05, 3.63) is 91.5 Å². The van der Waals surface area contributed by atoms with Gasteiger partial charge in [-0.15, -0.1) is 0 Å². The van der Waals surface area contributed by atoms with Crippen LogP contribution >= 0.6 is 0 Å². The van der Waals surface area contributed by atoms with E-state index in [1.165, 1.54) is 18.2 Å². The highest BCUT2D eigenvalue weighted by Crippen LogP contribution is 2.11. The Hall–Kier alpha value is -3.55. The molecule has 0 aliphatic rings. The molecule has 0 bridgehead atoms. The zero-order chi connectivity index (χ0) is 19.7. The van der Waals surface area contributed by atoms with Crippen LogP contribution in [0.3, 0.4) is 0 Å². The first-order valence-electron chi connectivity index (χ1n) is 8.07. The highest BCUT2D eigenvalue weighted by Gasteiger charge is 2.20. The Morgan fingerprint density at radius 1 is 1.11 bits per heavy atom. The number of nitrogens with zero attached hydrogens (tertiary/aromatic N) is 3. The molecule has 0 fully saturated rings. The van der Waals surface area contributed by atoms with Gasteiger partial charge in [-0.1, -0.05) is 24.3 Å². The number of carboxylic acid groups (broad SMARTS) is 1. The number of halogens is 1. The average Bonchev–Trinajstić information content (AvgIpc) is 2.59. The van der Waals surface area contributed by atoms with E-state index >= 15 is 0 Å². The van der Waals surface area contributed by atoms with Gasteiger partial charge in [0.1, 0.15) is 5.82 Å². The van der Waals surface area contributed by atoms with Crippen LogP contribution in [0, 0.1) is 19.7 Å². The predicted molar refractivity (Wildman–Crippen MR) is 96.0 cm³/mol. The van der Waals surface area contributed by atoms with Gasteiger partial charge in [0, 0.05) is 5.56 Å². The highest BCUT2D eigenvalue weighted by molar-refractivity contribution is 5.84. The van der Waals surface area contributed by atoms with E-state index in [0.29, 0.717) is 10.3 Å². The summed E-state index contributed by atoms with van der Waals surface area (Å²) in [4.78, 5) is 36.8. The first-order valence-corrected chi connectivity index (χ1v) is 8.07. The van der Waals surface area contributed by atoms with E-state index in [2.05, 4.69) is 5.10 Å². The van der Waals surface area contributed by atoms with E-state index in [1.807, 2.05) is 19.9 Å². The maximum Gasteiger partial charge on any atom is 0.362 e. The van der Waals surface area contributed by atoms with Crippen LogP contribution < -0.4 is 11.2 Å². The quantitative estimate of drug-likeness (QED) is 0.758. The largest absolute Gasteiger partial charge is 0.476 e. The molecule has 1 heterocycles. The number of carbonyl (C=O) groups is 1. The van der Waals surface area contributed by atoms with E-state index < -0.39 is 35.3 Å². The maximum atomic E-state index is 14.0. The summed E-state index contributed by atoms with van der Waals surface area (Å²) in [7, 11) is 0. The van der Waals surface area contributed by atoms with E-state index in [-0.39, 0.29) is 5.56 Å². The normalized spacial score (nSPS) is 10.8. The third kappa shape index (κ3) is 3.55. The van der Waals surface area contributed by atoms with Gasteiger partial charge in [0.2, 0.25) is 5.69 Å². The highest BCUT2D eigenvalue weighted by atomic mass is 19.1. The number of hydrogen-bond donors (Lipinski definition) is 1.